The van der Waals surface area contributed by atoms with Crippen LogP contribution >= 0.6 is 15.9 Å². The van der Waals surface area contributed by atoms with Gasteiger partial charge in [0.25, 0.3) is 5.91 Å². The Morgan fingerprint density at radius 3 is 2.71 bits per heavy atom. The second kappa shape index (κ2) is 9.64. The van der Waals surface area contributed by atoms with E-state index < -0.39 is 0 Å². The number of fused-ring (bicyclic) bond motifs is 1. The highest BCUT2D eigenvalue weighted by Gasteiger charge is 2.04. The van der Waals surface area contributed by atoms with Crippen molar-refractivity contribution in [2.75, 3.05) is 26.4 Å². The van der Waals surface area contributed by atoms with Crippen molar-refractivity contribution < 1.29 is 14.3 Å². The fourth-order valence-electron chi connectivity index (χ4n) is 2.21. The minimum absolute atomic E-state index is 0.0227. The topological polar surface area (TPSA) is 47.6 Å². The van der Waals surface area contributed by atoms with Crippen molar-refractivity contribution in [3.63, 3.8) is 0 Å². The summed E-state index contributed by atoms with van der Waals surface area (Å²) in [5, 5.41) is 5.04. The van der Waals surface area contributed by atoms with E-state index in [0.717, 1.165) is 28.3 Å². The number of amides is 1. The van der Waals surface area contributed by atoms with Gasteiger partial charge in [-0.05, 0) is 47.4 Å². The Balaban J connectivity index is 1.69. The molecule has 1 N–H and O–H groups in total. The van der Waals surface area contributed by atoms with Crippen LogP contribution in [0.25, 0.3) is 10.8 Å². The van der Waals surface area contributed by atoms with Gasteiger partial charge in [-0.1, -0.05) is 41.9 Å². The van der Waals surface area contributed by atoms with E-state index in [2.05, 4.69) is 35.1 Å². The molecule has 0 aliphatic heterocycles. The van der Waals surface area contributed by atoms with Crippen molar-refractivity contribution in [1.82, 2.24) is 5.32 Å². The van der Waals surface area contributed by atoms with Crippen LogP contribution in [-0.4, -0.2) is 32.3 Å². The molecule has 2 rings (SSSR count). The lowest BCUT2D eigenvalue weighted by Gasteiger charge is -2.09. The van der Waals surface area contributed by atoms with Gasteiger partial charge in [0, 0.05) is 24.2 Å². The molecular weight excluding hydrogens is 370 g/mol. The van der Waals surface area contributed by atoms with Crippen LogP contribution in [0.4, 0.5) is 0 Å². The Hall–Kier alpha value is -1.59. The third kappa shape index (κ3) is 6.49. The lowest BCUT2D eigenvalue weighted by atomic mass is 10.1. The highest BCUT2D eigenvalue weighted by atomic mass is 79.9. The maximum atomic E-state index is 11.8. The Bertz CT molecular complexity index is 673. The molecule has 130 valence electrons. The van der Waals surface area contributed by atoms with E-state index in [0.29, 0.717) is 24.8 Å². The molecule has 2 aromatic carbocycles. The lowest BCUT2D eigenvalue weighted by Crippen LogP contribution is -2.30. The van der Waals surface area contributed by atoms with Gasteiger partial charge < -0.3 is 14.8 Å². The predicted molar refractivity (Wildman–Crippen MR) is 100 cm³/mol. The average molecular weight is 394 g/mol. The fourth-order valence-corrected chi connectivity index (χ4v) is 2.58. The van der Waals surface area contributed by atoms with Crippen molar-refractivity contribution in [1.29, 1.82) is 0 Å². The summed E-state index contributed by atoms with van der Waals surface area (Å²) in [5.41, 5.74) is 0. The fraction of sp³-hybridized carbons (Fsp3) is 0.421. The molecule has 0 saturated carbocycles. The highest BCUT2D eigenvalue weighted by Crippen LogP contribution is 2.24. The first-order valence-corrected chi connectivity index (χ1v) is 9.00. The zero-order valence-electron chi connectivity index (χ0n) is 14.2. The molecule has 0 fully saturated rings. The molecule has 24 heavy (non-hydrogen) atoms. The van der Waals surface area contributed by atoms with Crippen LogP contribution in [0, 0.1) is 5.92 Å². The number of rotatable bonds is 9. The molecule has 1 amide bonds. The van der Waals surface area contributed by atoms with Crippen LogP contribution in [0.1, 0.15) is 20.3 Å². The van der Waals surface area contributed by atoms with Gasteiger partial charge in [-0.25, -0.2) is 0 Å². The largest absolute Gasteiger partial charge is 0.484 e. The van der Waals surface area contributed by atoms with Crippen LogP contribution in [-0.2, 0) is 9.53 Å². The standard InChI is InChI=1S/C19H24BrNO3/c1-14(2)12-23-9-3-8-21-19(22)13-24-18-7-5-15-10-17(20)6-4-16(15)11-18/h4-7,10-11,14H,3,8-9,12-13H2,1-2H3,(H,21,22). The molecule has 0 aliphatic rings. The maximum absolute atomic E-state index is 11.8. The molecule has 0 unspecified atom stereocenters. The van der Waals surface area contributed by atoms with E-state index in [9.17, 15) is 4.79 Å². The highest BCUT2D eigenvalue weighted by molar-refractivity contribution is 9.10. The Kier molecular flexibility index (Phi) is 7.53. The number of carbonyl (C=O) groups is 1. The first kappa shape index (κ1) is 18.7. The molecule has 0 aromatic heterocycles. The summed E-state index contributed by atoms with van der Waals surface area (Å²) >= 11 is 3.45. The number of halogens is 1. The SMILES string of the molecule is CC(C)COCCCNC(=O)COc1ccc2cc(Br)ccc2c1. The first-order chi connectivity index (χ1) is 11.5. The molecule has 0 atom stereocenters. The van der Waals surface area contributed by atoms with Crippen molar-refractivity contribution in [3.8, 4) is 5.75 Å². The van der Waals surface area contributed by atoms with Crippen LogP contribution < -0.4 is 10.1 Å². The normalized spacial score (nSPS) is 11.0. The summed E-state index contributed by atoms with van der Waals surface area (Å²) in [7, 11) is 0. The van der Waals surface area contributed by atoms with Crippen molar-refractivity contribution in [3.05, 3.63) is 40.9 Å². The van der Waals surface area contributed by atoms with Gasteiger partial charge in [0.15, 0.2) is 6.61 Å². The van der Waals surface area contributed by atoms with Gasteiger partial charge >= 0.3 is 0 Å². The minimum atomic E-state index is -0.116. The van der Waals surface area contributed by atoms with Crippen LogP contribution in [0.3, 0.4) is 0 Å². The number of carbonyl (C=O) groups excluding carboxylic acids is 1. The van der Waals surface area contributed by atoms with Crippen LogP contribution in [0.15, 0.2) is 40.9 Å². The molecule has 5 heteroatoms. The maximum Gasteiger partial charge on any atom is 0.257 e. The van der Waals surface area contributed by atoms with Gasteiger partial charge in [-0.2, -0.15) is 0 Å². The van der Waals surface area contributed by atoms with Crippen molar-refractivity contribution in [2.24, 2.45) is 5.92 Å². The summed E-state index contributed by atoms with van der Waals surface area (Å²) in [4.78, 5) is 11.8. The molecule has 0 aliphatic carbocycles. The monoisotopic (exact) mass is 393 g/mol. The van der Waals surface area contributed by atoms with Crippen molar-refractivity contribution in [2.45, 2.75) is 20.3 Å². The van der Waals surface area contributed by atoms with Gasteiger partial charge in [0.2, 0.25) is 0 Å². The Labute approximate surface area is 151 Å². The minimum Gasteiger partial charge on any atom is -0.484 e. The molecule has 0 saturated heterocycles. The molecule has 0 radical (unpaired) electrons. The smallest absolute Gasteiger partial charge is 0.257 e. The number of hydrogen-bond donors (Lipinski definition) is 1. The molecule has 4 nitrogen and oxygen atoms in total. The second-order valence-corrected chi connectivity index (χ2v) is 7.03. The summed E-state index contributed by atoms with van der Waals surface area (Å²) in [6, 6.07) is 11.9. The van der Waals surface area contributed by atoms with E-state index >= 15 is 0 Å². The summed E-state index contributed by atoms with van der Waals surface area (Å²) in [6.45, 7) is 6.28. The molecule has 0 bridgehead atoms. The number of hydrogen-bond acceptors (Lipinski definition) is 3. The molecule has 0 spiro atoms. The van der Waals surface area contributed by atoms with E-state index in [4.69, 9.17) is 9.47 Å². The first-order valence-electron chi connectivity index (χ1n) is 8.21. The number of nitrogens with one attached hydrogen (secondary N) is 1. The number of benzene rings is 2. The quantitative estimate of drug-likeness (QED) is 0.650. The lowest BCUT2D eigenvalue weighted by molar-refractivity contribution is -0.123. The Morgan fingerprint density at radius 2 is 1.92 bits per heavy atom. The van der Waals surface area contributed by atoms with Crippen molar-refractivity contribution >= 4 is 32.6 Å². The van der Waals surface area contributed by atoms with Crippen LogP contribution in [0.2, 0.25) is 0 Å². The van der Waals surface area contributed by atoms with Gasteiger partial charge in [-0.3, -0.25) is 4.79 Å². The number of ether oxygens (including phenoxy) is 2. The summed E-state index contributed by atoms with van der Waals surface area (Å²) in [6.07, 6.45) is 0.809. The van der Waals surface area contributed by atoms with Crippen LogP contribution in [0.5, 0.6) is 5.75 Å². The van der Waals surface area contributed by atoms with Gasteiger partial charge in [0.05, 0.1) is 0 Å². The van der Waals surface area contributed by atoms with Gasteiger partial charge in [-0.15, -0.1) is 0 Å². The third-order valence-electron chi connectivity index (χ3n) is 3.38. The van der Waals surface area contributed by atoms with E-state index in [1.807, 2.05) is 36.4 Å². The summed E-state index contributed by atoms with van der Waals surface area (Å²) < 4.78 is 12.1. The molecule has 0 heterocycles. The van der Waals surface area contributed by atoms with E-state index in [1.54, 1.807) is 0 Å². The zero-order valence-corrected chi connectivity index (χ0v) is 15.8. The zero-order chi connectivity index (χ0) is 17.4. The predicted octanol–water partition coefficient (Wildman–Crippen LogP) is 4.16. The second-order valence-electron chi connectivity index (χ2n) is 6.11. The molecular formula is C19H24BrNO3. The molecule has 2 aromatic rings. The summed E-state index contributed by atoms with van der Waals surface area (Å²) in [5.74, 6) is 1.12. The van der Waals surface area contributed by atoms with E-state index in [-0.39, 0.29) is 12.5 Å². The average Bonchev–Trinajstić information content (AvgIpc) is 2.55. The third-order valence-corrected chi connectivity index (χ3v) is 3.88. The van der Waals surface area contributed by atoms with E-state index in [1.165, 1.54) is 0 Å². The Morgan fingerprint density at radius 1 is 1.17 bits per heavy atom. The van der Waals surface area contributed by atoms with Gasteiger partial charge in [0.1, 0.15) is 5.75 Å².